The van der Waals surface area contributed by atoms with Gasteiger partial charge in [-0.15, -0.1) is 0 Å². The average Bonchev–Trinajstić information content (AvgIpc) is 2.20. The topological polar surface area (TPSA) is 41.1 Å². The predicted molar refractivity (Wildman–Crippen MR) is 69.4 cm³/mol. The molecule has 2 N–H and O–H groups in total. The Morgan fingerprint density at radius 3 is 2.25 bits per heavy atom. The molecular formula is C13H28N2O. The fraction of sp³-hybridized carbons (Fsp3) is 0.923. The molecule has 96 valence electrons. The van der Waals surface area contributed by atoms with E-state index >= 15 is 0 Å². The van der Waals surface area contributed by atoms with Crippen LogP contribution < -0.4 is 10.6 Å². The third-order valence-corrected chi connectivity index (χ3v) is 3.31. The first-order chi connectivity index (χ1) is 7.27. The van der Waals surface area contributed by atoms with Crippen LogP contribution >= 0.6 is 0 Å². The number of rotatable bonds is 6. The highest BCUT2D eigenvalue weighted by atomic mass is 16.1. The standard InChI is InChI=1S/C13H28N2O/c1-7-11(3)14-9-12(16)15-8-10(2)13(4,5)6/h10-11,14H,7-9H2,1-6H3,(H,15,16). The zero-order chi connectivity index (χ0) is 12.8. The predicted octanol–water partition coefficient (Wildman–Crippen LogP) is 2.17. The highest BCUT2D eigenvalue weighted by Gasteiger charge is 2.20. The van der Waals surface area contributed by atoms with Crippen LogP contribution in [-0.2, 0) is 4.79 Å². The van der Waals surface area contributed by atoms with Gasteiger partial charge >= 0.3 is 0 Å². The second-order valence-electron chi connectivity index (χ2n) is 5.76. The van der Waals surface area contributed by atoms with E-state index in [2.05, 4.69) is 52.2 Å². The fourth-order valence-corrected chi connectivity index (χ4v) is 1.05. The molecular weight excluding hydrogens is 200 g/mol. The van der Waals surface area contributed by atoms with E-state index in [1.165, 1.54) is 0 Å². The molecule has 0 aromatic rings. The fourth-order valence-electron chi connectivity index (χ4n) is 1.05. The van der Waals surface area contributed by atoms with Gasteiger partial charge in [0.2, 0.25) is 5.91 Å². The van der Waals surface area contributed by atoms with Gasteiger partial charge in [-0.25, -0.2) is 0 Å². The van der Waals surface area contributed by atoms with Crippen LogP contribution in [-0.4, -0.2) is 25.0 Å². The third kappa shape index (κ3) is 6.83. The molecule has 0 spiro atoms. The van der Waals surface area contributed by atoms with Crippen LogP contribution in [0.5, 0.6) is 0 Å². The van der Waals surface area contributed by atoms with Crippen molar-refractivity contribution in [3.8, 4) is 0 Å². The van der Waals surface area contributed by atoms with Crippen LogP contribution in [0.15, 0.2) is 0 Å². The number of hydrogen-bond donors (Lipinski definition) is 2. The van der Waals surface area contributed by atoms with Crippen molar-refractivity contribution in [2.24, 2.45) is 11.3 Å². The second-order valence-corrected chi connectivity index (χ2v) is 5.76. The lowest BCUT2D eigenvalue weighted by molar-refractivity contribution is -0.120. The van der Waals surface area contributed by atoms with Crippen molar-refractivity contribution >= 4 is 5.91 Å². The van der Waals surface area contributed by atoms with Crippen LogP contribution in [0.1, 0.15) is 48.0 Å². The van der Waals surface area contributed by atoms with Crippen LogP contribution in [0.25, 0.3) is 0 Å². The van der Waals surface area contributed by atoms with E-state index in [-0.39, 0.29) is 11.3 Å². The Kier molecular flexibility index (Phi) is 6.65. The summed E-state index contributed by atoms with van der Waals surface area (Å²) in [5.74, 6) is 0.580. The summed E-state index contributed by atoms with van der Waals surface area (Å²) in [7, 11) is 0. The maximum absolute atomic E-state index is 11.5. The molecule has 0 saturated carbocycles. The second kappa shape index (κ2) is 6.89. The Bertz CT molecular complexity index is 208. The van der Waals surface area contributed by atoms with Gasteiger partial charge in [0.1, 0.15) is 0 Å². The van der Waals surface area contributed by atoms with Crippen molar-refractivity contribution in [3.05, 3.63) is 0 Å². The zero-order valence-corrected chi connectivity index (χ0v) is 11.7. The van der Waals surface area contributed by atoms with Crippen molar-refractivity contribution in [2.45, 2.75) is 54.0 Å². The summed E-state index contributed by atoms with van der Waals surface area (Å²) in [6.07, 6.45) is 1.05. The first-order valence-electron chi connectivity index (χ1n) is 6.27. The van der Waals surface area contributed by atoms with E-state index in [0.717, 1.165) is 13.0 Å². The van der Waals surface area contributed by atoms with E-state index in [4.69, 9.17) is 0 Å². The molecule has 0 aromatic heterocycles. The zero-order valence-electron chi connectivity index (χ0n) is 11.7. The molecule has 0 radical (unpaired) electrons. The number of nitrogens with one attached hydrogen (secondary N) is 2. The van der Waals surface area contributed by atoms with Gasteiger partial charge in [0.05, 0.1) is 6.54 Å². The summed E-state index contributed by atoms with van der Waals surface area (Å²) in [5.41, 5.74) is 0.247. The quantitative estimate of drug-likeness (QED) is 0.731. The molecule has 16 heavy (non-hydrogen) atoms. The summed E-state index contributed by atoms with van der Waals surface area (Å²) in [6, 6.07) is 0.408. The smallest absolute Gasteiger partial charge is 0.233 e. The number of carbonyl (C=O) groups is 1. The van der Waals surface area contributed by atoms with Gasteiger partial charge in [0.25, 0.3) is 0 Å². The first-order valence-corrected chi connectivity index (χ1v) is 6.27. The van der Waals surface area contributed by atoms with Crippen LogP contribution in [0.4, 0.5) is 0 Å². The minimum Gasteiger partial charge on any atom is -0.355 e. The van der Waals surface area contributed by atoms with Crippen molar-refractivity contribution in [3.63, 3.8) is 0 Å². The molecule has 0 rings (SSSR count). The lowest BCUT2D eigenvalue weighted by atomic mass is 9.82. The van der Waals surface area contributed by atoms with Gasteiger partial charge in [-0.1, -0.05) is 34.6 Å². The molecule has 1 amide bonds. The maximum atomic E-state index is 11.5. The summed E-state index contributed by atoms with van der Waals surface area (Å²) < 4.78 is 0. The van der Waals surface area contributed by atoms with E-state index in [9.17, 15) is 4.79 Å². The summed E-state index contributed by atoms with van der Waals surface area (Å²) in [5, 5.41) is 6.15. The Hall–Kier alpha value is -0.570. The van der Waals surface area contributed by atoms with Gasteiger partial charge in [-0.2, -0.15) is 0 Å². The van der Waals surface area contributed by atoms with Crippen molar-refractivity contribution < 1.29 is 4.79 Å². The summed E-state index contributed by atoms with van der Waals surface area (Å²) in [4.78, 5) is 11.5. The molecule has 3 heteroatoms. The monoisotopic (exact) mass is 228 g/mol. The van der Waals surface area contributed by atoms with E-state index in [0.29, 0.717) is 18.5 Å². The molecule has 0 saturated heterocycles. The van der Waals surface area contributed by atoms with Gasteiger partial charge in [-0.3, -0.25) is 4.79 Å². The molecule has 0 aliphatic rings. The Morgan fingerprint density at radius 2 is 1.81 bits per heavy atom. The molecule has 0 fully saturated rings. The van der Waals surface area contributed by atoms with Crippen LogP contribution in [0, 0.1) is 11.3 Å². The SMILES string of the molecule is CCC(C)NCC(=O)NCC(C)C(C)(C)C. The number of hydrogen-bond acceptors (Lipinski definition) is 2. The normalized spacial score (nSPS) is 15.6. The largest absolute Gasteiger partial charge is 0.355 e. The number of amides is 1. The minimum atomic E-state index is 0.0939. The van der Waals surface area contributed by atoms with E-state index < -0.39 is 0 Å². The van der Waals surface area contributed by atoms with Crippen LogP contribution in [0.3, 0.4) is 0 Å². The molecule has 3 nitrogen and oxygen atoms in total. The van der Waals surface area contributed by atoms with E-state index in [1.807, 2.05) is 0 Å². The Morgan fingerprint density at radius 1 is 1.25 bits per heavy atom. The van der Waals surface area contributed by atoms with Crippen molar-refractivity contribution in [2.75, 3.05) is 13.1 Å². The van der Waals surface area contributed by atoms with Gasteiger partial charge in [-0.05, 0) is 24.7 Å². The number of carbonyl (C=O) groups excluding carboxylic acids is 1. The first kappa shape index (κ1) is 15.4. The van der Waals surface area contributed by atoms with Gasteiger partial charge in [0.15, 0.2) is 0 Å². The Balaban J connectivity index is 3.74. The van der Waals surface area contributed by atoms with Crippen molar-refractivity contribution in [1.29, 1.82) is 0 Å². The molecule has 0 aliphatic heterocycles. The molecule has 0 heterocycles. The summed E-state index contributed by atoms with van der Waals surface area (Å²) in [6.45, 7) is 14.1. The molecule has 0 aromatic carbocycles. The third-order valence-electron chi connectivity index (χ3n) is 3.31. The average molecular weight is 228 g/mol. The summed E-state index contributed by atoms with van der Waals surface area (Å²) >= 11 is 0. The Labute approximate surface area is 100 Å². The van der Waals surface area contributed by atoms with Gasteiger partial charge < -0.3 is 10.6 Å². The molecule has 0 bridgehead atoms. The van der Waals surface area contributed by atoms with E-state index in [1.54, 1.807) is 0 Å². The molecule has 0 aliphatic carbocycles. The van der Waals surface area contributed by atoms with Crippen molar-refractivity contribution in [1.82, 2.24) is 10.6 Å². The highest BCUT2D eigenvalue weighted by Crippen LogP contribution is 2.24. The van der Waals surface area contributed by atoms with Gasteiger partial charge in [0, 0.05) is 12.6 Å². The molecule has 2 unspecified atom stereocenters. The molecule has 2 atom stereocenters. The highest BCUT2D eigenvalue weighted by molar-refractivity contribution is 5.77. The maximum Gasteiger partial charge on any atom is 0.233 e. The van der Waals surface area contributed by atoms with Crippen LogP contribution in [0.2, 0.25) is 0 Å². The lowest BCUT2D eigenvalue weighted by Gasteiger charge is -2.27. The lowest BCUT2D eigenvalue weighted by Crippen LogP contribution is -2.40. The minimum absolute atomic E-state index is 0.0939.